The minimum absolute atomic E-state index is 0.674. The molecule has 0 saturated carbocycles. The van der Waals surface area contributed by atoms with Crippen molar-refractivity contribution in [1.82, 2.24) is 0 Å². The van der Waals surface area contributed by atoms with Crippen molar-refractivity contribution in [2.45, 2.75) is 0 Å². The van der Waals surface area contributed by atoms with Gasteiger partial charge in [-0.1, -0.05) is 12.1 Å². The SMILES string of the molecule is O=C(c1ccccc1[N+](=O)[O-])c1c([N+](=O)[O-])c([N+](=O)[O-])c([N+](=O)[O-])c([N+](=O)[O-])c1[N+](=O)[O-]. The Hall–Kier alpha value is -5.49. The molecule has 0 aliphatic rings. The number of hydrogen-bond donors (Lipinski definition) is 0. The Balaban J connectivity index is 3.29. The van der Waals surface area contributed by atoms with Crippen molar-refractivity contribution in [3.05, 3.63) is 96.1 Å². The molecule has 2 rings (SSSR count). The molecular weight excluding hydrogens is 448 g/mol. The molecule has 2 aromatic rings. The molecule has 0 heterocycles. The number of nitro benzene ring substituents is 6. The van der Waals surface area contributed by atoms with Gasteiger partial charge in [-0.3, -0.25) is 65.5 Å². The summed E-state index contributed by atoms with van der Waals surface area (Å²) in [5.41, 5.74) is -14.8. The third-order valence-electron chi connectivity index (χ3n) is 3.86. The van der Waals surface area contributed by atoms with Crippen molar-refractivity contribution in [3.8, 4) is 0 Å². The Morgan fingerprint density at radius 1 is 0.531 bits per heavy atom. The van der Waals surface area contributed by atoms with Crippen LogP contribution in [-0.2, 0) is 0 Å². The zero-order chi connectivity index (χ0) is 24.5. The zero-order valence-electron chi connectivity index (χ0n) is 14.8. The number of para-hydroxylation sites is 1. The molecule has 0 spiro atoms. The van der Waals surface area contributed by atoms with Crippen LogP contribution >= 0.6 is 0 Å². The fraction of sp³-hybridized carbons (Fsp3) is 0. The summed E-state index contributed by atoms with van der Waals surface area (Å²) < 4.78 is 0. The average Bonchev–Trinajstić information content (AvgIpc) is 2.70. The lowest BCUT2D eigenvalue weighted by Gasteiger charge is -2.06. The van der Waals surface area contributed by atoms with E-state index < -0.39 is 80.6 Å². The normalized spacial score (nSPS) is 10.2. The number of ketones is 1. The number of benzene rings is 2. The van der Waals surface area contributed by atoms with Gasteiger partial charge in [0.05, 0.1) is 29.5 Å². The Bertz CT molecular complexity index is 1220. The van der Waals surface area contributed by atoms with E-state index in [0.29, 0.717) is 12.1 Å². The maximum absolute atomic E-state index is 12.9. The van der Waals surface area contributed by atoms with E-state index in [1.54, 1.807) is 0 Å². The lowest BCUT2D eigenvalue weighted by atomic mass is 9.95. The van der Waals surface area contributed by atoms with E-state index in [4.69, 9.17) is 0 Å². The first-order valence-electron chi connectivity index (χ1n) is 7.56. The van der Waals surface area contributed by atoms with E-state index in [2.05, 4.69) is 0 Å². The van der Waals surface area contributed by atoms with Crippen molar-refractivity contribution in [2.75, 3.05) is 0 Å². The van der Waals surface area contributed by atoms with Gasteiger partial charge in [-0.05, 0) is 6.07 Å². The molecule has 0 unspecified atom stereocenters. The van der Waals surface area contributed by atoms with E-state index in [1.165, 1.54) is 0 Å². The minimum atomic E-state index is -2.21. The molecule has 19 heteroatoms. The first kappa shape index (κ1) is 22.8. The fourth-order valence-electron chi connectivity index (χ4n) is 2.73. The highest BCUT2D eigenvalue weighted by atomic mass is 16.7. The zero-order valence-corrected chi connectivity index (χ0v) is 14.8. The van der Waals surface area contributed by atoms with Crippen molar-refractivity contribution < 1.29 is 34.3 Å². The van der Waals surface area contributed by atoms with Gasteiger partial charge in [-0.15, -0.1) is 0 Å². The number of carbonyl (C=O) groups excluding carboxylic acids is 1. The van der Waals surface area contributed by atoms with Gasteiger partial charge in [0.15, 0.2) is 5.56 Å². The largest absolute Gasteiger partial charge is 0.437 e. The first-order chi connectivity index (χ1) is 14.8. The van der Waals surface area contributed by atoms with Crippen LogP contribution in [-0.4, -0.2) is 35.3 Å². The van der Waals surface area contributed by atoms with Crippen molar-refractivity contribution >= 4 is 39.9 Å². The monoisotopic (exact) mass is 452 g/mol. The lowest BCUT2D eigenvalue weighted by molar-refractivity contribution is -0.460. The van der Waals surface area contributed by atoms with Crippen molar-refractivity contribution in [1.29, 1.82) is 0 Å². The summed E-state index contributed by atoms with van der Waals surface area (Å²) in [6, 6.07) is 3.41. The molecule has 0 amide bonds. The average molecular weight is 452 g/mol. The molecule has 0 atom stereocenters. The maximum atomic E-state index is 12.9. The third kappa shape index (κ3) is 3.58. The van der Waals surface area contributed by atoms with E-state index >= 15 is 0 Å². The lowest BCUT2D eigenvalue weighted by Crippen LogP contribution is -2.16. The second kappa shape index (κ2) is 8.10. The van der Waals surface area contributed by atoms with Gasteiger partial charge in [0.1, 0.15) is 5.56 Å². The number of hydrogen-bond acceptors (Lipinski definition) is 13. The van der Waals surface area contributed by atoms with Crippen LogP contribution in [0.4, 0.5) is 34.1 Å². The van der Waals surface area contributed by atoms with Crippen LogP contribution < -0.4 is 0 Å². The van der Waals surface area contributed by atoms with Gasteiger partial charge in [-0.25, -0.2) is 0 Å². The maximum Gasteiger partial charge on any atom is 0.437 e. The smallest absolute Gasteiger partial charge is 0.288 e. The van der Waals surface area contributed by atoms with Crippen LogP contribution in [0.15, 0.2) is 24.3 Å². The van der Waals surface area contributed by atoms with Gasteiger partial charge >= 0.3 is 28.4 Å². The van der Waals surface area contributed by atoms with Gasteiger partial charge in [0.2, 0.25) is 5.78 Å². The van der Waals surface area contributed by atoms with E-state index in [9.17, 15) is 65.5 Å². The summed E-state index contributed by atoms with van der Waals surface area (Å²) in [6.07, 6.45) is 0. The molecule has 0 radical (unpaired) electrons. The molecule has 0 aliphatic heterocycles. The van der Waals surface area contributed by atoms with Crippen LogP contribution in [0.1, 0.15) is 15.9 Å². The van der Waals surface area contributed by atoms with Crippen LogP contribution in [0, 0.1) is 60.7 Å². The summed E-state index contributed by atoms with van der Waals surface area (Å²) >= 11 is 0. The van der Waals surface area contributed by atoms with Gasteiger partial charge in [-0.2, -0.15) is 0 Å². The summed E-state index contributed by atoms with van der Waals surface area (Å²) in [4.78, 5) is 71.1. The van der Waals surface area contributed by atoms with Gasteiger partial charge in [0.25, 0.3) is 5.69 Å². The summed E-state index contributed by atoms with van der Waals surface area (Å²) in [5, 5.41) is 68.3. The minimum Gasteiger partial charge on any atom is -0.288 e. The van der Waals surface area contributed by atoms with E-state index in [0.717, 1.165) is 12.1 Å². The Morgan fingerprint density at radius 2 is 0.875 bits per heavy atom. The van der Waals surface area contributed by atoms with Crippen LogP contribution in [0.25, 0.3) is 0 Å². The topological polar surface area (TPSA) is 276 Å². The highest BCUT2D eigenvalue weighted by Gasteiger charge is 2.56. The predicted molar refractivity (Wildman–Crippen MR) is 96.2 cm³/mol. The van der Waals surface area contributed by atoms with Crippen LogP contribution in [0.2, 0.25) is 0 Å². The van der Waals surface area contributed by atoms with Gasteiger partial charge < -0.3 is 0 Å². The second-order valence-electron chi connectivity index (χ2n) is 5.51. The first-order valence-corrected chi connectivity index (χ1v) is 7.56. The molecule has 0 bridgehead atoms. The summed E-state index contributed by atoms with van der Waals surface area (Å²) in [5.74, 6) is -1.95. The highest BCUT2D eigenvalue weighted by molar-refractivity contribution is 6.18. The molecular formula is C13H4N6O13. The van der Waals surface area contributed by atoms with Crippen LogP contribution in [0.5, 0.6) is 0 Å². The molecule has 32 heavy (non-hydrogen) atoms. The van der Waals surface area contributed by atoms with E-state index in [-0.39, 0.29) is 0 Å². The Labute approximate surface area is 171 Å². The Kier molecular flexibility index (Phi) is 5.77. The number of nitro groups is 6. The molecule has 0 aromatic heterocycles. The summed E-state index contributed by atoms with van der Waals surface area (Å²) in [6.45, 7) is 0. The highest BCUT2D eigenvalue weighted by Crippen LogP contribution is 2.52. The second-order valence-corrected chi connectivity index (χ2v) is 5.51. The standard InChI is InChI=1S/C13H4N6O13/c20-13(5-3-1-2-4-6(5)14(21)22)7-8(15(23)24)10(17(27)28)12(19(31)32)11(18(29)30)9(7)16(25)26/h1-4H. The molecule has 164 valence electrons. The number of rotatable bonds is 8. The molecule has 0 fully saturated rings. The van der Waals surface area contributed by atoms with E-state index in [1.807, 2.05) is 0 Å². The van der Waals surface area contributed by atoms with Gasteiger partial charge in [0, 0.05) is 6.07 Å². The summed E-state index contributed by atoms with van der Waals surface area (Å²) in [7, 11) is 0. The molecule has 19 nitrogen and oxygen atoms in total. The van der Waals surface area contributed by atoms with Crippen molar-refractivity contribution in [2.24, 2.45) is 0 Å². The molecule has 0 saturated heterocycles. The molecule has 0 aliphatic carbocycles. The molecule has 0 N–H and O–H groups in total. The quantitative estimate of drug-likeness (QED) is 0.316. The third-order valence-corrected chi connectivity index (χ3v) is 3.86. The molecule has 2 aromatic carbocycles. The number of carbonyl (C=O) groups is 1. The fourth-order valence-corrected chi connectivity index (χ4v) is 2.73. The van der Waals surface area contributed by atoms with Crippen LogP contribution in [0.3, 0.4) is 0 Å². The number of nitrogens with zero attached hydrogens (tertiary/aromatic N) is 6. The van der Waals surface area contributed by atoms with Crippen molar-refractivity contribution in [3.63, 3.8) is 0 Å². The predicted octanol–water partition coefficient (Wildman–Crippen LogP) is 2.37. The Morgan fingerprint density at radius 3 is 1.22 bits per heavy atom.